The third kappa shape index (κ3) is 28.3. The summed E-state index contributed by atoms with van der Waals surface area (Å²) in [5, 5.41) is 80.0. The summed E-state index contributed by atoms with van der Waals surface area (Å²) in [4.78, 5) is 112. The Morgan fingerprint density at radius 3 is 1.00 bits per heavy atom. The lowest BCUT2D eigenvalue weighted by Gasteiger charge is -2.32. The van der Waals surface area contributed by atoms with E-state index in [-0.39, 0.29) is 72.6 Å². The molecule has 780 valence electrons. The molecule has 4 unspecified atom stereocenters. The minimum Gasteiger partial charge on any atom is -0.461 e. The molecule has 4 saturated heterocycles. The Morgan fingerprint density at radius 2 is 0.693 bits per heavy atom. The van der Waals surface area contributed by atoms with E-state index in [4.69, 9.17) is 55.6 Å². The number of rotatable bonds is 32. The minimum atomic E-state index is -1.08. The molecule has 2 aromatic heterocycles. The second-order valence-electron chi connectivity index (χ2n) is 39.9. The van der Waals surface area contributed by atoms with Crippen LogP contribution in [0.5, 0.6) is 0 Å². The molecule has 0 spiro atoms. The van der Waals surface area contributed by atoms with Crippen molar-refractivity contribution in [3.8, 4) is 24.3 Å². The molecule has 38 heteroatoms. The van der Waals surface area contributed by atoms with E-state index >= 15 is 8.78 Å². The van der Waals surface area contributed by atoms with Crippen LogP contribution in [0.2, 0.25) is 10.0 Å². The fraction of sp³-hybridized carbons (Fsp3) is 0.375. The number of esters is 2. The number of nitrogens with one attached hydrogen (secondary N) is 8. The van der Waals surface area contributed by atoms with E-state index < -0.39 is 136 Å². The molecule has 150 heavy (non-hydrogen) atoms. The first-order chi connectivity index (χ1) is 71.9. The van der Waals surface area contributed by atoms with Gasteiger partial charge in [0.05, 0.1) is 132 Å². The molecule has 18 N–H and O–H groups in total. The fourth-order valence-electron chi connectivity index (χ4n) is 19.4. The van der Waals surface area contributed by atoms with Crippen molar-refractivity contribution in [1.29, 1.82) is 21.0 Å². The molecule has 0 bridgehead atoms. The highest BCUT2D eigenvalue weighted by molar-refractivity contribution is 6.30. The molecule has 8 fully saturated rings. The summed E-state index contributed by atoms with van der Waals surface area (Å²) in [6, 6.07) is 56.3. The van der Waals surface area contributed by atoms with Crippen molar-refractivity contribution in [3.63, 3.8) is 0 Å². The Bertz CT molecular complexity index is 6840. The van der Waals surface area contributed by atoms with Crippen LogP contribution < -0.4 is 65.5 Å². The number of likely N-dealkylation sites (tertiary alicyclic amines) is 2. The van der Waals surface area contributed by atoms with Crippen molar-refractivity contribution >= 4 is 105 Å². The molecule has 10 aromatic rings. The van der Waals surface area contributed by atoms with Crippen LogP contribution in [-0.4, -0.2) is 152 Å². The number of hydrogen-bond acceptors (Lipinski definition) is 24. The van der Waals surface area contributed by atoms with Gasteiger partial charge in [-0.1, -0.05) is 147 Å². The average molecular weight is 2080 g/mol. The third-order valence-corrected chi connectivity index (χ3v) is 29.1. The number of β-amino-alcohol motifs (C(OH)–C–C–N with tert-alkyl or cyclic N) is 2. The van der Waals surface area contributed by atoms with E-state index in [1.54, 1.807) is 121 Å². The summed E-state index contributed by atoms with van der Waals surface area (Å²) in [6.45, 7) is 3.13. The normalized spacial score (nSPS) is 20.5. The third-order valence-electron chi connectivity index (χ3n) is 28.6. The summed E-state index contributed by atoms with van der Waals surface area (Å²) < 4.78 is 70.0. The highest BCUT2D eigenvalue weighted by Gasteiger charge is 2.46. The number of hydrogen-bond donors (Lipinski definition) is 14. The van der Waals surface area contributed by atoms with E-state index in [1.165, 1.54) is 110 Å². The van der Waals surface area contributed by atoms with Crippen LogP contribution in [0.25, 0.3) is 0 Å². The number of amides is 8. The van der Waals surface area contributed by atoms with Gasteiger partial charge in [-0.25, -0.2) is 37.1 Å². The number of carbonyl (C=O) groups excluding carboxylic acids is 8. The van der Waals surface area contributed by atoms with Gasteiger partial charge in [-0.05, 0) is 247 Å². The van der Waals surface area contributed by atoms with Crippen LogP contribution in [0, 0.1) is 92.3 Å². The SMILES string of the molecule is CC(=O)O[C@@H]1C[C@H](C(=O)Nc2cc(C(N)(CCC3CC3)c3cccc(C#N)c3)ccc2F)N(C(=O)Nc2ccc(Cl)cn2)C1.CC(=O)O[C@H]1CN[C@@H](C(=O)Nc2cc(C(N)(CCC3CC3)c3cccc(C#N)c3)ccc2F)C1.N#Cc1cccc(C(N)(CCC2CC2)c2ccc(F)c(NC(=O)[C@H]3C[C@@H](O)CN3)c2)c1.N#Cc1cccc(C(N)(CCC2CC2)c2ccc(F)c(NC(=O)[C@H]3C[C@@H](O)CN3C(=O)Nc3ccc(Cl)cn3)c2)c1. The highest BCUT2D eigenvalue weighted by atomic mass is 35.5. The van der Waals surface area contributed by atoms with Gasteiger partial charge in [0.15, 0.2) is 0 Å². The lowest BCUT2D eigenvalue weighted by Crippen LogP contribution is -2.45. The molecule has 18 rings (SSSR count). The fourth-order valence-corrected chi connectivity index (χ4v) is 19.6. The Hall–Kier alpha value is -14.6. The molecule has 4 aliphatic heterocycles. The Morgan fingerprint density at radius 1 is 0.387 bits per heavy atom. The van der Waals surface area contributed by atoms with Crippen molar-refractivity contribution < 1.29 is 75.6 Å². The number of carbonyl (C=O) groups is 8. The largest absolute Gasteiger partial charge is 0.461 e. The van der Waals surface area contributed by atoms with E-state index in [2.05, 4.69) is 76.8 Å². The van der Waals surface area contributed by atoms with E-state index in [1.807, 2.05) is 24.3 Å². The van der Waals surface area contributed by atoms with Crippen LogP contribution in [0.15, 0.2) is 207 Å². The maximum absolute atomic E-state index is 15.2. The van der Waals surface area contributed by atoms with Gasteiger partial charge in [-0.3, -0.25) is 39.4 Å². The number of anilines is 6. The molecule has 12 atom stereocenters. The number of halogens is 6. The summed E-state index contributed by atoms with van der Waals surface area (Å²) in [7, 11) is 0. The van der Waals surface area contributed by atoms with Crippen molar-refractivity contribution in [2.45, 2.75) is 213 Å². The summed E-state index contributed by atoms with van der Waals surface area (Å²) >= 11 is 11.7. The number of nitrogens with zero attached hydrogens (tertiary/aromatic N) is 8. The average Bonchev–Trinajstić information content (AvgIpc) is 1.13. The summed E-state index contributed by atoms with van der Waals surface area (Å²) in [5.41, 5.74) is 31.4. The molecule has 4 saturated carbocycles. The Labute approximate surface area is 875 Å². The van der Waals surface area contributed by atoms with Gasteiger partial charge >= 0.3 is 24.0 Å². The van der Waals surface area contributed by atoms with Crippen molar-refractivity contribution in [3.05, 3.63) is 307 Å². The second kappa shape index (κ2) is 48.8. The topological polar surface area (TPSA) is 523 Å². The van der Waals surface area contributed by atoms with Crippen LogP contribution in [-0.2, 0) is 60.4 Å². The quantitative estimate of drug-likeness (QED) is 0.0138. The second-order valence-corrected chi connectivity index (χ2v) is 40.7. The van der Waals surface area contributed by atoms with Gasteiger partial charge in [-0.15, -0.1) is 0 Å². The number of nitrogens with two attached hydrogens (primary N) is 4. The summed E-state index contributed by atoms with van der Waals surface area (Å²) in [6.07, 6.45) is 16.0. The molecular formula is C112H118Cl2F4N20O12. The molecule has 4 aliphatic carbocycles. The standard InChI is InChI=1S/C32H32ClFN6O4.C30H30ClFN6O3.C26H29FN4O3.C24H27FN4O2/c1-19(41)44-25-15-28(40(18-25)31(43)39-29-10-8-24(33)17-37-29)30(42)38-27-14-23(7-9-26(27)34)32(36,12-11-20-5-6-20)22-4-2-3-21(13-22)16-35;31-22-7-9-27(35-16-22)37-29(41)38-17-23(39)14-26(38)28(40)36-25-13-21(6-8-24(25)32)30(34,11-10-18-4-5-18)20-3-1-2-19(12-20)15-33;1-16(32)34-21-13-24(30-15-21)25(33)31-23-12-20(7-8-22(23)27)26(29,10-9-17-5-6-17)19-4-2-3-18(11-19)14-28;25-20-7-6-18(11-21(20)29-23(31)22-12-19(30)14-28-22)24(27,9-8-15-4-5-15)17-3-1-2-16(10-17)13-26/h2-4,7-10,13-14,17,20,25,28H,5-6,11-12,15,18,36H2,1H3,(H,38,42)(H,37,39,43);1-3,6-9,12-13,16,18,23,26,39H,4-5,10-11,14,17,34H2,(H,36,40)(H,35,37,41);2-4,7-8,11-12,17,21,24,30H,5-6,9-10,13,15,29H2,1H3,(H,31,33);1-3,6-7,10-11,15,19,22,28,30H,4-5,8-9,12,14,27H2,(H,29,31)/t25-,28-,32?;23-,26-,30?;21-,24-,26?;19-,22-,24?/m1111/s1. The molecule has 8 aromatic carbocycles. The Kier molecular flexibility index (Phi) is 35.6. The molecule has 8 amide bonds. The number of nitriles is 4. The van der Waals surface area contributed by atoms with E-state index in [9.17, 15) is 78.4 Å². The number of urea groups is 2. The van der Waals surface area contributed by atoms with Gasteiger partial charge in [-0.2, -0.15) is 21.0 Å². The minimum absolute atomic E-state index is 0.0113. The predicted octanol–water partition coefficient (Wildman–Crippen LogP) is 16.1. The number of aromatic nitrogens is 2. The van der Waals surface area contributed by atoms with Gasteiger partial charge in [0.25, 0.3) is 0 Å². The van der Waals surface area contributed by atoms with Crippen LogP contribution in [0.1, 0.15) is 209 Å². The zero-order chi connectivity index (χ0) is 107. The lowest BCUT2D eigenvalue weighted by molar-refractivity contribution is -0.146. The smallest absolute Gasteiger partial charge is 0.323 e. The van der Waals surface area contributed by atoms with Crippen molar-refractivity contribution in [2.75, 3.05) is 58.1 Å². The van der Waals surface area contributed by atoms with Gasteiger partial charge in [0.1, 0.15) is 59.2 Å². The van der Waals surface area contributed by atoms with Gasteiger partial charge in [0, 0.05) is 65.1 Å². The predicted molar refractivity (Wildman–Crippen MR) is 555 cm³/mol. The Balaban J connectivity index is 0.000000151. The maximum Gasteiger partial charge on any atom is 0.323 e. The first-order valence-electron chi connectivity index (χ1n) is 50.1. The highest BCUT2D eigenvalue weighted by Crippen LogP contribution is 2.47. The lowest BCUT2D eigenvalue weighted by atomic mass is 9.79. The number of ether oxygens (including phenoxy) is 2. The number of aliphatic hydroxyl groups is 2. The van der Waals surface area contributed by atoms with Gasteiger partial charge in [0.2, 0.25) is 23.6 Å². The van der Waals surface area contributed by atoms with Crippen molar-refractivity contribution in [2.24, 2.45) is 46.6 Å². The zero-order valence-corrected chi connectivity index (χ0v) is 84.2. The molecule has 6 heterocycles. The monoisotopic (exact) mass is 2080 g/mol. The van der Waals surface area contributed by atoms with Crippen molar-refractivity contribution in [1.82, 2.24) is 30.4 Å². The first-order valence-corrected chi connectivity index (χ1v) is 50.8. The molecule has 0 radical (unpaired) electrons. The summed E-state index contributed by atoms with van der Waals surface area (Å²) in [5.74, 6) is -2.65. The number of aliphatic hydroxyl groups excluding tert-OH is 2. The van der Waals surface area contributed by atoms with E-state index in [0.29, 0.717) is 129 Å². The van der Waals surface area contributed by atoms with Crippen LogP contribution in [0.4, 0.5) is 61.5 Å². The van der Waals surface area contributed by atoms with E-state index in [0.717, 1.165) is 68.1 Å². The zero-order valence-electron chi connectivity index (χ0n) is 82.7. The maximum atomic E-state index is 15.2. The number of pyridine rings is 2. The molecule has 8 aliphatic rings. The van der Waals surface area contributed by atoms with Crippen LogP contribution >= 0.6 is 23.2 Å². The molecule has 32 nitrogen and oxygen atoms in total. The number of benzene rings is 8. The van der Waals surface area contributed by atoms with Crippen LogP contribution in [0.3, 0.4) is 0 Å². The molecular weight excluding hydrogens is 1960 g/mol. The first kappa shape index (κ1) is 110. The van der Waals surface area contributed by atoms with Gasteiger partial charge < -0.3 is 84.3 Å².